The number of hydrogen-bond donors (Lipinski definition) is 1. The molecular weight excluding hydrogens is 336 g/mol. The molecule has 2 saturated heterocycles. The molecule has 1 atom stereocenters. The van der Waals surface area contributed by atoms with Crippen LogP contribution in [0.4, 0.5) is 4.79 Å². The number of carboxylic acids is 1. The standard InChI is InChI=1S/C19H30N2O5/c1-19(2,3)26-18(25)20-11-8-14(9-12-20)6-7-16(22)21-10-4-5-15(13-21)17(23)24/h6-7,14-15H,4-5,8-13H2,1-3H3,(H,23,24)/t15-/m1/s1. The Balaban J connectivity index is 1.78. The summed E-state index contributed by atoms with van der Waals surface area (Å²) in [5.41, 5.74) is -0.498. The van der Waals surface area contributed by atoms with Crippen molar-refractivity contribution in [3.8, 4) is 0 Å². The number of hydrogen-bond acceptors (Lipinski definition) is 4. The van der Waals surface area contributed by atoms with Gasteiger partial charge in [-0.3, -0.25) is 9.59 Å². The molecule has 2 fully saturated rings. The van der Waals surface area contributed by atoms with Crippen LogP contribution in [0, 0.1) is 11.8 Å². The number of carbonyl (C=O) groups excluding carboxylic acids is 2. The summed E-state index contributed by atoms with van der Waals surface area (Å²) in [6.45, 7) is 7.68. The summed E-state index contributed by atoms with van der Waals surface area (Å²) in [5, 5.41) is 9.11. The molecular formula is C19H30N2O5. The third-order valence-corrected chi connectivity index (χ3v) is 4.78. The summed E-state index contributed by atoms with van der Waals surface area (Å²) in [7, 11) is 0. The number of piperidine rings is 2. The van der Waals surface area contributed by atoms with Crippen LogP contribution in [-0.2, 0) is 14.3 Å². The number of carboxylic acid groups (broad SMARTS) is 1. The molecule has 0 aliphatic carbocycles. The zero-order chi connectivity index (χ0) is 19.3. The molecule has 0 spiro atoms. The van der Waals surface area contributed by atoms with Crippen molar-refractivity contribution in [3.63, 3.8) is 0 Å². The Morgan fingerprint density at radius 3 is 2.27 bits per heavy atom. The Morgan fingerprint density at radius 1 is 1.04 bits per heavy atom. The number of likely N-dealkylation sites (tertiary alicyclic amines) is 2. The highest BCUT2D eigenvalue weighted by molar-refractivity contribution is 5.88. The van der Waals surface area contributed by atoms with Gasteiger partial charge in [-0.1, -0.05) is 6.08 Å². The van der Waals surface area contributed by atoms with E-state index in [1.807, 2.05) is 26.8 Å². The lowest BCUT2D eigenvalue weighted by Crippen LogP contribution is -2.42. The SMILES string of the molecule is CC(C)(C)OC(=O)N1CCC(C=CC(=O)N2CCC[C@@H](C(=O)O)C2)CC1. The van der Waals surface area contributed by atoms with E-state index in [-0.39, 0.29) is 24.5 Å². The summed E-state index contributed by atoms with van der Waals surface area (Å²) >= 11 is 0. The molecule has 26 heavy (non-hydrogen) atoms. The van der Waals surface area contributed by atoms with E-state index in [9.17, 15) is 14.4 Å². The lowest BCUT2D eigenvalue weighted by Gasteiger charge is -2.32. The third-order valence-electron chi connectivity index (χ3n) is 4.78. The van der Waals surface area contributed by atoms with Gasteiger partial charge in [-0.05, 0) is 58.4 Å². The highest BCUT2D eigenvalue weighted by atomic mass is 16.6. The molecule has 0 radical (unpaired) electrons. The van der Waals surface area contributed by atoms with Gasteiger partial charge in [0, 0.05) is 26.2 Å². The maximum Gasteiger partial charge on any atom is 0.410 e. The predicted octanol–water partition coefficient (Wildman–Crippen LogP) is 2.51. The number of amides is 2. The minimum atomic E-state index is -0.832. The molecule has 2 amide bonds. The maximum absolute atomic E-state index is 12.3. The first-order chi connectivity index (χ1) is 12.2. The predicted molar refractivity (Wildman–Crippen MR) is 96.6 cm³/mol. The molecule has 0 aromatic rings. The number of nitrogens with zero attached hydrogens (tertiary/aromatic N) is 2. The van der Waals surface area contributed by atoms with Crippen molar-refractivity contribution in [3.05, 3.63) is 12.2 Å². The molecule has 0 aromatic heterocycles. The largest absolute Gasteiger partial charge is 0.481 e. The third kappa shape index (κ3) is 6.04. The molecule has 0 aromatic carbocycles. The van der Waals surface area contributed by atoms with Crippen LogP contribution in [0.25, 0.3) is 0 Å². The van der Waals surface area contributed by atoms with Crippen LogP contribution in [0.5, 0.6) is 0 Å². The van der Waals surface area contributed by atoms with E-state index in [2.05, 4.69) is 0 Å². The van der Waals surface area contributed by atoms with E-state index in [0.717, 1.165) is 19.3 Å². The van der Waals surface area contributed by atoms with E-state index in [0.29, 0.717) is 26.1 Å². The highest BCUT2D eigenvalue weighted by Crippen LogP contribution is 2.21. The van der Waals surface area contributed by atoms with Crippen molar-refractivity contribution in [2.45, 2.75) is 52.1 Å². The van der Waals surface area contributed by atoms with Gasteiger partial charge >= 0.3 is 12.1 Å². The average molecular weight is 366 g/mol. The van der Waals surface area contributed by atoms with Gasteiger partial charge in [0.2, 0.25) is 5.91 Å². The summed E-state index contributed by atoms with van der Waals surface area (Å²) in [5.74, 6) is -1.16. The second kappa shape index (κ2) is 8.56. The fraction of sp³-hybridized carbons (Fsp3) is 0.737. The van der Waals surface area contributed by atoms with Gasteiger partial charge in [0.05, 0.1) is 5.92 Å². The minimum absolute atomic E-state index is 0.120. The van der Waals surface area contributed by atoms with Crippen molar-refractivity contribution in [2.75, 3.05) is 26.2 Å². The summed E-state index contributed by atoms with van der Waals surface area (Å²) < 4.78 is 5.38. The first kappa shape index (κ1) is 20.3. The Hall–Kier alpha value is -2.05. The van der Waals surface area contributed by atoms with E-state index >= 15 is 0 Å². The van der Waals surface area contributed by atoms with Crippen LogP contribution in [0.1, 0.15) is 46.5 Å². The molecule has 2 aliphatic heterocycles. The van der Waals surface area contributed by atoms with E-state index in [4.69, 9.17) is 9.84 Å². The summed E-state index contributed by atoms with van der Waals surface area (Å²) in [6.07, 6.45) is 6.12. The van der Waals surface area contributed by atoms with Crippen molar-refractivity contribution >= 4 is 18.0 Å². The maximum atomic E-state index is 12.3. The van der Waals surface area contributed by atoms with Gasteiger partial charge in [-0.2, -0.15) is 0 Å². The molecule has 7 nitrogen and oxygen atoms in total. The van der Waals surface area contributed by atoms with Gasteiger partial charge in [0.1, 0.15) is 5.60 Å². The van der Waals surface area contributed by atoms with Crippen LogP contribution >= 0.6 is 0 Å². The summed E-state index contributed by atoms with van der Waals surface area (Å²) in [6, 6.07) is 0. The molecule has 146 valence electrons. The molecule has 7 heteroatoms. The molecule has 2 rings (SSSR count). The monoisotopic (exact) mass is 366 g/mol. The molecule has 1 N–H and O–H groups in total. The normalized spacial score (nSPS) is 22.5. The number of allylic oxidation sites excluding steroid dienone is 1. The van der Waals surface area contributed by atoms with Gasteiger partial charge in [0.15, 0.2) is 0 Å². The number of aliphatic carboxylic acids is 1. The van der Waals surface area contributed by atoms with Crippen molar-refractivity contribution in [1.29, 1.82) is 0 Å². The fourth-order valence-corrected chi connectivity index (χ4v) is 3.30. The quantitative estimate of drug-likeness (QED) is 0.776. The average Bonchev–Trinajstić information content (AvgIpc) is 2.58. The molecule has 2 heterocycles. The molecule has 2 aliphatic rings. The Morgan fingerprint density at radius 2 is 1.69 bits per heavy atom. The van der Waals surface area contributed by atoms with Gasteiger partial charge in [-0.15, -0.1) is 0 Å². The zero-order valence-corrected chi connectivity index (χ0v) is 15.9. The van der Waals surface area contributed by atoms with Gasteiger partial charge in [0.25, 0.3) is 0 Å². The number of rotatable bonds is 3. The van der Waals surface area contributed by atoms with Gasteiger partial charge in [-0.25, -0.2) is 4.79 Å². The van der Waals surface area contributed by atoms with Crippen molar-refractivity contribution in [2.24, 2.45) is 11.8 Å². The first-order valence-electron chi connectivity index (χ1n) is 9.33. The van der Waals surface area contributed by atoms with Crippen LogP contribution in [0.3, 0.4) is 0 Å². The van der Waals surface area contributed by atoms with Crippen molar-refractivity contribution in [1.82, 2.24) is 9.80 Å². The second-order valence-electron chi connectivity index (χ2n) is 8.13. The fourth-order valence-electron chi connectivity index (χ4n) is 3.30. The van der Waals surface area contributed by atoms with Crippen LogP contribution in [0.15, 0.2) is 12.2 Å². The van der Waals surface area contributed by atoms with Crippen LogP contribution in [-0.4, -0.2) is 64.7 Å². The van der Waals surface area contributed by atoms with E-state index in [1.165, 1.54) is 0 Å². The van der Waals surface area contributed by atoms with E-state index < -0.39 is 17.5 Å². The first-order valence-corrected chi connectivity index (χ1v) is 9.33. The lowest BCUT2D eigenvalue weighted by molar-refractivity contribution is -0.144. The topological polar surface area (TPSA) is 87.2 Å². The molecule has 0 saturated carbocycles. The molecule has 0 unspecified atom stereocenters. The highest BCUT2D eigenvalue weighted by Gasteiger charge is 2.28. The van der Waals surface area contributed by atoms with Crippen LogP contribution < -0.4 is 0 Å². The molecule has 0 bridgehead atoms. The lowest BCUT2D eigenvalue weighted by atomic mass is 9.96. The smallest absolute Gasteiger partial charge is 0.410 e. The zero-order valence-electron chi connectivity index (χ0n) is 15.9. The van der Waals surface area contributed by atoms with Crippen molar-refractivity contribution < 1.29 is 24.2 Å². The second-order valence-corrected chi connectivity index (χ2v) is 8.13. The number of carbonyl (C=O) groups is 3. The van der Waals surface area contributed by atoms with Crippen LogP contribution in [0.2, 0.25) is 0 Å². The number of ether oxygens (including phenoxy) is 1. The minimum Gasteiger partial charge on any atom is -0.481 e. The Labute approximate surface area is 155 Å². The summed E-state index contributed by atoms with van der Waals surface area (Å²) in [4.78, 5) is 38.8. The van der Waals surface area contributed by atoms with E-state index in [1.54, 1.807) is 15.9 Å². The Bertz CT molecular complexity index is 559. The Kier molecular flexibility index (Phi) is 6.67. The van der Waals surface area contributed by atoms with Gasteiger partial charge < -0.3 is 19.6 Å².